The lowest BCUT2D eigenvalue weighted by Crippen LogP contribution is -2.15. The maximum absolute atomic E-state index is 12.3. The molecule has 0 bridgehead atoms. The molecule has 1 aliphatic carbocycles. The van der Waals surface area contributed by atoms with Crippen LogP contribution in [0.2, 0.25) is 0 Å². The molecule has 262 valence electrons. The van der Waals surface area contributed by atoms with E-state index in [-0.39, 0.29) is 24.9 Å². The quantitative estimate of drug-likeness (QED) is 0.0964. The van der Waals surface area contributed by atoms with Crippen LogP contribution in [0, 0.1) is 0 Å². The van der Waals surface area contributed by atoms with E-state index in [9.17, 15) is 9.59 Å². The molecule has 1 N–H and O–H groups in total. The average Bonchev–Trinajstić information content (AvgIpc) is 3.40. The molecule has 2 aromatic rings. The van der Waals surface area contributed by atoms with Gasteiger partial charge in [-0.1, -0.05) is 48.5 Å². The number of carbonyl (C=O) groups is 2. The SMILES string of the molecule is O=C(O)CCOCCOCCOCCOCCOCCOCCOCCOCCCC(=O)OCC1c2ccccc2-c2ccccc21. The van der Waals surface area contributed by atoms with Crippen LogP contribution >= 0.6 is 0 Å². The first-order valence-corrected chi connectivity index (χ1v) is 16.3. The van der Waals surface area contributed by atoms with Crippen LogP contribution in [0.15, 0.2) is 48.5 Å². The minimum absolute atomic E-state index is 0.00526. The molecule has 0 atom stereocenters. The van der Waals surface area contributed by atoms with Crippen molar-refractivity contribution in [1.82, 2.24) is 0 Å². The van der Waals surface area contributed by atoms with Crippen molar-refractivity contribution in [2.75, 3.05) is 112 Å². The molecule has 0 saturated heterocycles. The minimum Gasteiger partial charge on any atom is -0.481 e. The van der Waals surface area contributed by atoms with Gasteiger partial charge < -0.3 is 47.7 Å². The Bertz CT molecular complexity index is 1080. The van der Waals surface area contributed by atoms with Crippen LogP contribution in [0.1, 0.15) is 36.3 Å². The molecule has 0 fully saturated rings. The zero-order valence-electron chi connectivity index (χ0n) is 27.3. The van der Waals surface area contributed by atoms with Crippen LogP contribution in [-0.4, -0.2) is 129 Å². The fourth-order valence-corrected chi connectivity index (χ4v) is 4.81. The molecular weight excluding hydrogens is 612 g/mol. The van der Waals surface area contributed by atoms with Crippen LogP contribution < -0.4 is 0 Å². The summed E-state index contributed by atoms with van der Waals surface area (Å²) in [6, 6.07) is 16.6. The van der Waals surface area contributed by atoms with Crippen molar-refractivity contribution in [2.45, 2.75) is 25.2 Å². The van der Waals surface area contributed by atoms with Crippen LogP contribution in [0.25, 0.3) is 11.1 Å². The summed E-state index contributed by atoms with van der Waals surface area (Å²) >= 11 is 0. The van der Waals surface area contributed by atoms with E-state index < -0.39 is 5.97 Å². The van der Waals surface area contributed by atoms with Gasteiger partial charge in [0.1, 0.15) is 6.61 Å². The molecule has 0 spiro atoms. The highest BCUT2D eigenvalue weighted by molar-refractivity contribution is 5.79. The first-order chi connectivity index (χ1) is 23.2. The number of rotatable bonds is 30. The number of benzene rings is 2. The highest BCUT2D eigenvalue weighted by Gasteiger charge is 2.28. The molecule has 2 aromatic carbocycles. The van der Waals surface area contributed by atoms with Gasteiger partial charge >= 0.3 is 11.9 Å². The summed E-state index contributed by atoms with van der Waals surface area (Å²) in [6.07, 6.45) is 0.919. The molecule has 12 heteroatoms. The summed E-state index contributed by atoms with van der Waals surface area (Å²) in [5.41, 5.74) is 4.85. The van der Waals surface area contributed by atoms with Crippen molar-refractivity contribution in [3.63, 3.8) is 0 Å². The molecule has 3 rings (SSSR count). The molecule has 0 heterocycles. The number of carboxylic acid groups (broad SMARTS) is 1. The highest BCUT2D eigenvalue weighted by atomic mass is 16.6. The third-order valence-corrected chi connectivity index (χ3v) is 7.11. The molecule has 12 nitrogen and oxygen atoms in total. The lowest BCUT2D eigenvalue weighted by Gasteiger charge is -2.14. The molecule has 0 aromatic heterocycles. The summed E-state index contributed by atoms with van der Waals surface area (Å²) in [4.78, 5) is 22.7. The Morgan fingerprint density at radius 1 is 0.489 bits per heavy atom. The van der Waals surface area contributed by atoms with E-state index in [1.807, 2.05) is 24.3 Å². The van der Waals surface area contributed by atoms with Gasteiger partial charge in [-0.05, 0) is 28.7 Å². The summed E-state index contributed by atoms with van der Waals surface area (Å²) in [5.74, 6) is -1.01. The Balaban J connectivity index is 0.998. The number of carboxylic acids is 1. The van der Waals surface area contributed by atoms with Crippen LogP contribution in [0.4, 0.5) is 0 Å². The van der Waals surface area contributed by atoms with Crippen LogP contribution in [-0.2, 0) is 52.2 Å². The molecule has 1 aliphatic rings. The maximum Gasteiger partial charge on any atom is 0.305 e. The Hall–Kier alpha value is -2.94. The fourth-order valence-electron chi connectivity index (χ4n) is 4.81. The topological polar surface area (TPSA) is 137 Å². The monoisotopic (exact) mass is 662 g/mol. The first-order valence-electron chi connectivity index (χ1n) is 16.3. The molecule has 0 aliphatic heterocycles. The zero-order chi connectivity index (χ0) is 33.2. The van der Waals surface area contributed by atoms with Crippen molar-refractivity contribution in [2.24, 2.45) is 0 Å². The lowest BCUT2D eigenvalue weighted by molar-refractivity contribution is -0.144. The third-order valence-electron chi connectivity index (χ3n) is 7.11. The summed E-state index contributed by atoms with van der Waals surface area (Å²) in [7, 11) is 0. The zero-order valence-corrected chi connectivity index (χ0v) is 27.3. The Morgan fingerprint density at radius 2 is 0.851 bits per heavy atom. The predicted molar refractivity (Wildman–Crippen MR) is 173 cm³/mol. The molecule has 0 unspecified atom stereocenters. The smallest absolute Gasteiger partial charge is 0.305 e. The molecular formula is C35H50O12. The Morgan fingerprint density at radius 3 is 1.26 bits per heavy atom. The minimum atomic E-state index is -0.876. The predicted octanol–water partition coefficient (Wildman–Crippen LogP) is 3.73. The van der Waals surface area contributed by atoms with E-state index >= 15 is 0 Å². The number of hydrogen-bond acceptors (Lipinski definition) is 11. The van der Waals surface area contributed by atoms with Crippen molar-refractivity contribution >= 4 is 11.9 Å². The fraction of sp³-hybridized carbons (Fsp3) is 0.600. The van der Waals surface area contributed by atoms with Gasteiger partial charge in [-0.2, -0.15) is 0 Å². The maximum atomic E-state index is 12.3. The first kappa shape index (κ1) is 38.5. The summed E-state index contributed by atoms with van der Waals surface area (Å²) in [5, 5.41) is 8.49. The van der Waals surface area contributed by atoms with Gasteiger partial charge in [0.15, 0.2) is 0 Å². The van der Waals surface area contributed by atoms with Gasteiger partial charge in [0, 0.05) is 18.9 Å². The molecule has 0 radical (unpaired) electrons. The molecule has 0 saturated carbocycles. The Labute approximate surface area is 277 Å². The molecule has 47 heavy (non-hydrogen) atoms. The van der Waals surface area contributed by atoms with E-state index in [0.717, 1.165) is 0 Å². The second kappa shape index (κ2) is 25.1. The van der Waals surface area contributed by atoms with Crippen molar-refractivity contribution < 1.29 is 57.3 Å². The van der Waals surface area contributed by atoms with Crippen molar-refractivity contribution in [3.8, 4) is 11.1 Å². The van der Waals surface area contributed by atoms with Gasteiger partial charge in [-0.25, -0.2) is 0 Å². The second-order valence-corrected chi connectivity index (χ2v) is 10.6. The van der Waals surface area contributed by atoms with E-state index in [4.69, 9.17) is 47.7 Å². The van der Waals surface area contributed by atoms with Gasteiger partial charge in [0.05, 0.1) is 106 Å². The summed E-state index contributed by atoms with van der Waals surface area (Å²) in [6.45, 7) is 7.37. The second-order valence-electron chi connectivity index (χ2n) is 10.6. The number of aliphatic carboxylic acids is 1. The van der Waals surface area contributed by atoms with E-state index in [2.05, 4.69) is 24.3 Å². The summed E-state index contributed by atoms with van der Waals surface area (Å²) < 4.78 is 48.9. The largest absolute Gasteiger partial charge is 0.481 e. The lowest BCUT2D eigenvalue weighted by atomic mass is 9.98. The number of ether oxygens (including phenoxy) is 9. The normalized spacial score (nSPS) is 12.3. The van der Waals surface area contributed by atoms with Crippen molar-refractivity contribution in [3.05, 3.63) is 59.7 Å². The third kappa shape index (κ3) is 16.6. The number of esters is 1. The number of hydrogen-bond donors (Lipinski definition) is 1. The van der Waals surface area contributed by atoms with E-state index in [1.165, 1.54) is 22.3 Å². The standard InChI is InChI=1S/C35H50O12/c36-34(37)11-13-40-15-17-42-19-21-44-23-25-46-27-26-45-24-22-43-20-18-41-16-14-39-12-5-10-35(38)47-28-33-31-8-3-1-6-29(31)30-7-2-4-9-32(30)33/h1-4,6-9,33H,5,10-28H2,(H,36,37). The number of carbonyl (C=O) groups excluding carboxylic acids is 1. The van der Waals surface area contributed by atoms with Crippen LogP contribution in [0.5, 0.6) is 0 Å². The Kier molecular flexibility index (Phi) is 20.6. The van der Waals surface area contributed by atoms with Gasteiger partial charge in [-0.15, -0.1) is 0 Å². The molecule has 0 amide bonds. The van der Waals surface area contributed by atoms with E-state index in [1.54, 1.807) is 0 Å². The van der Waals surface area contributed by atoms with Gasteiger partial charge in [0.25, 0.3) is 0 Å². The van der Waals surface area contributed by atoms with Gasteiger partial charge in [-0.3, -0.25) is 9.59 Å². The van der Waals surface area contributed by atoms with E-state index in [0.29, 0.717) is 119 Å². The van der Waals surface area contributed by atoms with Crippen LogP contribution in [0.3, 0.4) is 0 Å². The van der Waals surface area contributed by atoms with Crippen molar-refractivity contribution in [1.29, 1.82) is 0 Å². The average molecular weight is 663 g/mol. The number of fused-ring (bicyclic) bond motifs is 3. The highest BCUT2D eigenvalue weighted by Crippen LogP contribution is 2.44. The van der Waals surface area contributed by atoms with Gasteiger partial charge in [0.2, 0.25) is 0 Å².